The highest BCUT2D eigenvalue weighted by Gasteiger charge is 2.16. The van der Waals surface area contributed by atoms with Gasteiger partial charge in [-0.25, -0.2) is 4.98 Å². The van der Waals surface area contributed by atoms with E-state index in [1.54, 1.807) is 13.3 Å². The summed E-state index contributed by atoms with van der Waals surface area (Å²) >= 11 is 0. The minimum atomic E-state index is 0.227. The van der Waals surface area contributed by atoms with Crippen LogP contribution in [0.1, 0.15) is 25.3 Å². The summed E-state index contributed by atoms with van der Waals surface area (Å²) in [5, 5.41) is 3.27. The zero-order valence-corrected chi connectivity index (χ0v) is 16.4. The van der Waals surface area contributed by atoms with Crippen molar-refractivity contribution in [2.45, 2.75) is 19.8 Å². The Morgan fingerprint density at radius 2 is 2.18 bits per heavy atom. The highest BCUT2D eigenvalue weighted by molar-refractivity contribution is 5.85. The number of allylic oxidation sites excluding steroid dienone is 2. The average molecular weight is 381 g/mol. The first-order valence-corrected chi connectivity index (χ1v) is 9.43. The molecule has 148 valence electrons. The van der Waals surface area contributed by atoms with E-state index in [9.17, 15) is 0 Å². The van der Waals surface area contributed by atoms with Crippen LogP contribution in [0.3, 0.4) is 0 Å². The van der Waals surface area contributed by atoms with Crippen molar-refractivity contribution in [1.29, 1.82) is 0 Å². The van der Waals surface area contributed by atoms with Gasteiger partial charge in [0.15, 0.2) is 11.6 Å². The van der Waals surface area contributed by atoms with Crippen molar-refractivity contribution in [2.75, 3.05) is 42.8 Å². The van der Waals surface area contributed by atoms with Crippen molar-refractivity contribution in [3.63, 3.8) is 0 Å². The summed E-state index contributed by atoms with van der Waals surface area (Å²) < 4.78 is 11.3. The van der Waals surface area contributed by atoms with Gasteiger partial charge < -0.3 is 25.4 Å². The molecule has 0 saturated heterocycles. The largest absolute Gasteiger partial charge is 0.497 e. The number of aromatic nitrogens is 2. The Morgan fingerprint density at radius 1 is 1.32 bits per heavy atom. The molecular formula is C21H27N5O2. The van der Waals surface area contributed by atoms with E-state index in [4.69, 9.17) is 15.2 Å². The summed E-state index contributed by atoms with van der Waals surface area (Å²) in [6, 6.07) is 5.98. The number of nitrogens with two attached hydrogens (primary N) is 1. The summed E-state index contributed by atoms with van der Waals surface area (Å²) in [6.07, 6.45) is 7.76. The molecule has 1 aromatic heterocycles. The first-order valence-electron chi connectivity index (χ1n) is 9.43. The molecule has 0 fully saturated rings. The van der Waals surface area contributed by atoms with Gasteiger partial charge >= 0.3 is 0 Å². The van der Waals surface area contributed by atoms with Crippen LogP contribution in [0.15, 0.2) is 43.3 Å². The number of benzene rings is 1. The van der Waals surface area contributed by atoms with Crippen LogP contribution in [-0.2, 0) is 0 Å². The summed E-state index contributed by atoms with van der Waals surface area (Å²) in [7, 11) is 1.66. The number of hydrogen-bond acceptors (Lipinski definition) is 7. The first kappa shape index (κ1) is 19.5. The second-order valence-electron chi connectivity index (χ2n) is 6.49. The van der Waals surface area contributed by atoms with Crippen molar-refractivity contribution in [3.8, 4) is 11.5 Å². The third kappa shape index (κ3) is 4.54. The fraction of sp³-hybridized carbons (Fsp3) is 0.333. The van der Waals surface area contributed by atoms with Crippen LogP contribution >= 0.6 is 0 Å². The van der Waals surface area contributed by atoms with Crippen LogP contribution in [0, 0.1) is 0 Å². The molecule has 1 aliphatic heterocycles. The van der Waals surface area contributed by atoms with E-state index in [0.29, 0.717) is 24.7 Å². The second-order valence-corrected chi connectivity index (χ2v) is 6.49. The van der Waals surface area contributed by atoms with E-state index in [1.165, 1.54) is 0 Å². The van der Waals surface area contributed by atoms with Crippen LogP contribution in [0.2, 0.25) is 0 Å². The van der Waals surface area contributed by atoms with E-state index in [0.717, 1.165) is 42.0 Å². The van der Waals surface area contributed by atoms with Gasteiger partial charge in [0.2, 0.25) is 5.95 Å². The Balaban J connectivity index is 1.67. The van der Waals surface area contributed by atoms with Crippen LogP contribution in [0.4, 0.5) is 17.5 Å². The second kappa shape index (κ2) is 9.12. The van der Waals surface area contributed by atoms with Crippen LogP contribution in [0.5, 0.6) is 11.5 Å². The van der Waals surface area contributed by atoms with Gasteiger partial charge in [-0.15, -0.1) is 0 Å². The van der Waals surface area contributed by atoms with E-state index in [1.807, 2.05) is 30.5 Å². The molecule has 3 N–H and O–H groups in total. The van der Waals surface area contributed by atoms with Crippen molar-refractivity contribution < 1.29 is 9.47 Å². The average Bonchev–Trinajstić information content (AvgIpc) is 2.71. The third-order valence-electron chi connectivity index (χ3n) is 4.50. The van der Waals surface area contributed by atoms with Gasteiger partial charge in [0.1, 0.15) is 12.4 Å². The Bertz CT molecular complexity index is 866. The summed E-state index contributed by atoms with van der Waals surface area (Å²) in [5.74, 6) is 2.26. The number of rotatable bonds is 9. The minimum absolute atomic E-state index is 0.227. The molecule has 2 heterocycles. The lowest BCUT2D eigenvalue weighted by molar-refractivity contribution is 0.326. The smallest absolute Gasteiger partial charge is 0.222 e. The van der Waals surface area contributed by atoms with Crippen molar-refractivity contribution >= 4 is 23.0 Å². The number of methoxy groups -OCH3 is 1. The maximum absolute atomic E-state index is 5.95. The number of anilines is 3. The van der Waals surface area contributed by atoms with Crippen molar-refractivity contribution in [2.24, 2.45) is 0 Å². The maximum atomic E-state index is 5.95. The molecule has 3 rings (SSSR count). The van der Waals surface area contributed by atoms with Gasteiger partial charge in [-0.2, -0.15) is 4.98 Å². The Morgan fingerprint density at radius 3 is 2.96 bits per heavy atom. The monoisotopic (exact) mass is 381 g/mol. The first-order chi connectivity index (χ1) is 13.6. The number of ether oxygens (including phenoxy) is 2. The Kier molecular flexibility index (Phi) is 6.37. The molecule has 1 aromatic carbocycles. The molecule has 0 saturated carbocycles. The molecule has 0 atom stereocenters. The highest BCUT2D eigenvalue weighted by atomic mass is 16.5. The zero-order chi connectivity index (χ0) is 19.9. The molecular weight excluding hydrogens is 354 g/mol. The Labute approximate surface area is 165 Å². The predicted molar refractivity (Wildman–Crippen MR) is 114 cm³/mol. The lowest BCUT2D eigenvalue weighted by Crippen LogP contribution is -2.25. The Hall–Kier alpha value is -3.22. The van der Waals surface area contributed by atoms with E-state index < -0.39 is 0 Å². The van der Waals surface area contributed by atoms with Crippen molar-refractivity contribution in [3.05, 3.63) is 48.8 Å². The van der Waals surface area contributed by atoms with E-state index in [-0.39, 0.29) is 5.95 Å². The molecule has 1 aliphatic rings. The maximum Gasteiger partial charge on any atom is 0.222 e. The number of unbranched alkanes of at least 4 members (excludes halogenated alkanes) is 1. The van der Waals surface area contributed by atoms with Gasteiger partial charge in [-0.1, -0.05) is 19.9 Å². The third-order valence-corrected chi connectivity index (χ3v) is 4.50. The highest BCUT2D eigenvalue weighted by Crippen LogP contribution is 2.34. The van der Waals surface area contributed by atoms with Crippen molar-refractivity contribution in [1.82, 2.24) is 9.97 Å². The minimum Gasteiger partial charge on any atom is -0.497 e. The van der Waals surface area contributed by atoms with E-state index in [2.05, 4.69) is 33.7 Å². The molecule has 0 aliphatic carbocycles. The molecule has 0 unspecified atom stereocenters. The summed E-state index contributed by atoms with van der Waals surface area (Å²) in [5.41, 5.74) is 8.82. The normalized spacial score (nSPS) is 12.6. The quantitative estimate of drug-likeness (QED) is 0.641. The molecule has 0 radical (unpaired) electrons. The zero-order valence-electron chi connectivity index (χ0n) is 16.4. The molecule has 0 bridgehead atoms. The van der Waals surface area contributed by atoms with Gasteiger partial charge in [0, 0.05) is 24.4 Å². The molecule has 7 heteroatoms. The lowest BCUT2D eigenvalue weighted by atomic mass is 10.0. The molecule has 0 amide bonds. The molecule has 7 nitrogen and oxygen atoms in total. The number of nitrogen functional groups attached to an aromatic ring is 1. The molecule has 2 aromatic rings. The molecule has 0 spiro atoms. The topological polar surface area (TPSA) is 85.5 Å². The number of nitrogens with one attached hydrogen (secondary N) is 1. The van der Waals surface area contributed by atoms with Gasteiger partial charge in [-0.05, 0) is 30.2 Å². The predicted octanol–water partition coefficient (Wildman–Crippen LogP) is 3.71. The number of nitrogens with zero attached hydrogens (tertiary/aromatic N) is 3. The van der Waals surface area contributed by atoms with Gasteiger partial charge in [-0.3, -0.25) is 0 Å². The van der Waals surface area contributed by atoms with Crippen LogP contribution in [-0.4, -0.2) is 36.8 Å². The van der Waals surface area contributed by atoms with Crippen LogP contribution < -0.4 is 25.4 Å². The number of fused-ring (bicyclic) bond motifs is 1. The van der Waals surface area contributed by atoms with E-state index >= 15 is 0 Å². The van der Waals surface area contributed by atoms with Gasteiger partial charge in [0.25, 0.3) is 0 Å². The fourth-order valence-electron chi connectivity index (χ4n) is 2.95. The fourth-order valence-corrected chi connectivity index (χ4v) is 2.95. The standard InChI is InChI=1S/C21H27N5O2/c1-4-5-9-23-20-19(14-24-21(22)25-20)28-12-11-26-10-8-15(2)17-7-6-16(27-3)13-18(17)26/h6-8,10,13-14H,2,4-5,9,11-12H2,1,3H3,(H3,22,23,24,25). The summed E-state index contributed by atoms with van der Waals surface area (Å²) in [6.45, 7) is 8.18. The summed E-state index contributed by atoms with van der Waals surface area (Å²) in [4.78, 5) is 10.4. The molecule has 28 heavy (non-hydrogen) atoms. The SMILES string of the molecule is C=C1C=CN(CCOc2cnc(N)nc2NCCCC)c2cc(OC)ccc21. The lowest BCUT2D eigenvalue weighted by Gasteiger charge is -2.28. The number of hydrogen-bond donors (Lipinski definition) is 2. The van der Waals surface area contributed by atoms with Gasteiger partial charge in [0.05, 0.1) is 25.5 Å². The van der Waals surface area contributed by atoms with Crippen LogP contribution in [0.25, 0.3) is 5.57 Å².